The normalized spacial score (nSPS) is 20.6. The zero-order valence-electron chi connectivity index (χ0n) is 22.0. The minimum atomic E-state index is -1.12. The smallest absolute Gasteiger partial charge is 0.407 e. The lowest BCUT2D eigenvalue weighted by atomic mass is 9.95. The van der Waals surface area contributed by atoms with Gasteiger partial charge in [0.1, 0.15) is 11.6 Å². The minimum absolute atomic E-state index is 0.0952. The van der Waals surface area contributed by atoms with Crippen LogP contribution in [0.1, 0.15) is 79.7 Å². The van der Waals surface area contributed by atoms with Crippen LogP contribution in [-0.2, 0) is 16.0 Å². The van der Waals surface area contributed by atoms with Gasteiger partial charge < -0.3 is 20.1 Å². The highest BCUT2D eigenvalue weighted by molar-refractivity contribution is 5.85. The van der Waals surface area contributed by atoms with Gasteiger partial charge in [-0.25, -0.2) is 4.79 Å². The third kappa shape index (κ3) is 7.70. The van der Waals surface area contributed by atoms with Crippen LogP contribution in [0.3, 0.4) is 0 Å². The van der Waals surface area contributed by atoms with Crippen LogP contribution in [0.4, 0.5) is 4.79 Å². The molecular formula is C27H45N3O4. The van der Waals surface area contributed by atoms with E-state index in [1.807, 2.05) is 35.2 Å². The van der Waals surface area contributed by atoms with Crippen LogP contribution in [0.25, 0.3) is 0 Å². The van der Waals surface area contributed by atoms with Crippen molar-refractivity contribution in [3.63, 3.8) is 0 Å². The van der Waals surface area contributed by atoms with Gasteiger partial charge in [0.2, 0.25) is 5.91 Å². The van der Waals surface area contributed by atoms with Crippen molar-refractivity contribution in [1.82, 2.24) is 15.5 Å². The van der Waals surface area contributed by atoms with E-state index < -0.39 is 29.9 Å². The molecule has 1 saturated heterocycles. The molecule has 0 spiro atoms. The summed E-state index contributed by atoms with van der Waals surface area (Å²) in [6, 6.07) is 8.29. The van der Waals surface area contributed by atoms with Gasteiger partial charge in [0.05, 0.1) is 18.3 Å². The van der Waals surface area contributed by atoms with Crippen LogP contribution in [-0.4, -0.2) is 58.0 Å². The molecule has 0 radical (unpaired) electrons. The summed E-state index contributed by atoms with van der Waals surface area (Å²) >= 11 is 0. The van der Waals surface area contributed by atoms with E-state index in [1.165, 1.54) is 0 Å². The highest BCUT2D eigenvalue weighted by atomic mass is 16.6. The predicted octanol–water partition coefficient (Wildman–Crippen LogP) is 4.23. The zero-order valence-corrected chi connectivity index (χ0v) is 22.0. The highest BCUT2D eigenvalue weighted by Crippen LogP contribution is 2.27. The van der Waals surface area contributed by atoms with Crippen molar-refractivity contribution in [2.45, 2.75) is 117 Å². The highest BCUT2D eigenvalue weighted by Gasteiger charge is 2.48. The lowest BCUT2D eigenvalue weighted by Crippen LogP contribution is -2.55. The van der Waals surface area contributed by atoms with Crippen molar-refractivity contribution in [1.29, 1.82) is 0 Å². The SMILES string of the molecule is CCCC(CCC)N1C(=O)[C@H]([C@H](O)[C@H](Cc2ccccc2)NC(=O)OC(C)(C)C)NC1C(C)C. The summed E-state index contributed by atoms with van der Waals surface area (Å²) in [6.45, 7) is 13.8. The molecule has 0 aromatic heterocycles. The Morgan fingerprint density at radius 1 is 1.15 bits per heavy atom. The van der Waals surface area contributed by atoms with E-state index in [-0.39, 0.29) is 24.0 Å². The van der Waals surface area contributed by atoms with E-state index in [0.717, 1.165) is 31.2 Å². The Morgan fingerprint density at radius 2 is 1.74 bits per heavy atom. The first-order valence-electron chi connectivity index (χ1n) is 12.8. The van der Waals surface area contributed by atoms with Crippen LogP contribution >= 0.6 is 0 Å². The monoisotopic (exact) mass is 475 g/mol. The van der Waals surface area contributed by atoms with Gasteiger partial charge in [0.25, 0.3) is 0 Å². The van der Waals surface area contributed by atoms with E-state index in [9.17, 15) is 14.7 Å². The van der Waals surface area contributed by atoms with E-state index >= 15 is 0 Å². The second-order valence-electron chi connectivity index (χ2n) is 10.7. The largest absolute Gasteiger partial charge is 0.444 e. The Bertz CT molecular complexity index is 772. The van der Waals surface area contributed by atoms with Crippen LogP contribution in [0.5, 0.6) is 0 Å². The molecule has 1 unspecified atom stereocenters. The number of alkyl carbamates (subject to hydrolysis) is 1. The van der Waals surface area contributed by atoms with Gasteiger partial charge in [-0.15, -0.1) is 0 Å². The minimum Gasteiger partial charge on any atom is -0.444 e. The number of nitrogens with zero attached hydrogens (tertiary/aromatic N) is 1. The fraction of sp³-hybridized carbons (Fsp3) is 0.704. The summed E-state index contributed by atoms with van der Waals surface area (Å²) in [5.41, 5.74) is 0.293. The predicted molar refractivity (Wildman–Crippen MR) is 135 cm³/mol. The number of hydrogen-bond acceptors (Lipinski definition) is 5. The van der Waals surface area contributed by atoms with Crippen molar-refractivity contribution < 1.29 is 19.4 Å². The van der Waals surface area contributed by atoms with Crippen LogP contribution < -0.4 is 10.6 Å². The quantitative estimate of drug-likeness (QED) is 0.445. The molecule has 2 rings (SSSR count). The first-order valence-corrected chi connectivity index (χ1v) is 12.8. The molecule has 34 heavy (non-hydrogen) atoms. The Balaban J connectivity index is 2.31. The van der Waals surface area contributed by atoms with E-state index in [2.05, 4.69) is 38.3 Å². The number of ether oxygens (including phenoxy) is 1. The molecule has 1 aliphatic rings. The maximum Gasteiger partial charge on any atom is 0.407 e. The fourth-order valence-corrected chi connectivity index (χ4v) is 4.70. The number of rotatable bonds is 11. The second kappa shape index (κ2) is 12.5. The summed E-state index contributed by atoms with van der Waals surface area (Å²) in [7, 11) is 0. The van der Waals surface area contributed by atoms with Crippen molar-refractivity contribution in [2.24, 2.45) is 5.92 Å². The molecule has 0 bridgehead atoms. The molecule has 1 aromatic carbocycles. The maximum atomic E-state index is 13.7. The standard InChI is InChI=1S/C27H45N3O4/c1-8-13-20(14-9-2)30-24(18(3)4)29-22(25(30)32)23(31)21(17-19-15-11-10-12-16-19)28-26(33)34-27(5,6)7/h10-12,15-16,18,20-24,29,31H,8-9,13-14,17H2,1-7H3,(H,28,33)/t21-,22-,23+,24?/m0/s1. The Hall–Kier alpha value is -2.12. The molecule has 0 saturated carbocycles. The van der Waals surface area contributed by atoms with Gasteiger partial charge in [-0.3, -0.25) is 10.1 Å². The van der Waals surface area contributed by atoms with Gasteiger partial charge in [-0.2, -0.15) is 0 Å². The third-order valence-corrected chi connectivity index (χ3v) is 6.19. The Morgan fingerprint density at radius 3 is 2.24 bits per heavy atom. The second-order valence-corrected chi connectivity index (χ2v) is 10.7. The molecule has 1 fully saturated rings. The molecule has 7 nitrogen and oxygen atoms in total. The van der Waals surface area contributed by atoms with Gasteiger partial charge in [-0.1, -0.05) is 70.9 Å². The summed E-state index contributed by atoms with van der Waals surface area (Å²) in [5.74, 6) is 0.0888. The molecule has 1 aliphatic heterocycles. The Kier molecular flexibility index (Phi) is 10.4. The Labute approximate surface area is 205 Å². The van der Waals surface area contributed by atoms with Crippen molar-refractivity contribution in [2.75, 3.05) is 0 Å². The molecule has 0 aliphatic carbocycles. The number of aliphatic hydroxyl groups is 1. The van der Waals surface area contributed by atoms with Gasteiger partial charge in [0, 0.05) is 6.04 Å². The van der Waals surface area contributed by atoms with Crippen LogP contribution in [0, 0.1) is 5.92 Å². The van der Waals surface area contributed by atoms with E-state index in [1.54, 1.807) is 20.8 Å². The molecule has 1 aromatic rings. The lowest BCUT2D eigenvalue weighted by Gasteiger charge is -2.34. The maximum absolute atomic E-state index is 13.7. The summed E-state index contributed by atoms with van der Waals surface area (Å²) < 4.78 is 5.45. The number of aliphatic hydroxyl groups excluding tert-OH is 1. The van der Waals surface area contributed by atoms with Crippen LogP contribution in [0.15, 0.2) is 30.3 Å². The fourth-order valence-electron chi connectivity index (χ4n) is 4.70. The number of hydrogen-bond donors (Lipinski definition) is 3. The molecule has 4 atom stereocenters. The average molecular weight is 476 g/mol. The molecular weight excluding hydrogens is 430 g/mol. The molecule has 7 heteroatoms. The molecule has 192 valence electrons. The average Bonchev–Trinajstić information content (AvgIpc) is 3.09. The summed E-state index contributed by atoms with van der Waals surface area (Å²) in [4.78, 5) is 28.3. The number of carbonyl (C=O) groups excluding carboxylic acids is 2. The van der Waals surface area contributed by atoms with Gasteiger partial charge in [-0.05, 0) is 51.5 Å². The van der Waals surface area contributed by atoms with Gasteiger partial charge >= 0.3 is 6.09 Å². The summed E-state index contributed by atoms with van der Waals surface area (Å²) in [5, 5.41) is 17.7. The molecule has 3 N–H and O–H groups in total. The number of benzene rings is 1. The third-order valence-electron chi connectivity index (χ3n) is 6.19. The number of nitrogens with one attached hydrogen (secondary N) is 2. The molecule has 2 amide bonds. The van der Waals surface area contributed by atoms with E-state index in [4.69, 9.17) is 4.74 Å². The van der Waals surface area contributed by atoms with Crippen molar-refractivity contribution >= 4 is 12.0 Å². The van der Waals surface area contributed by atoms with Crippen molar-refractivity contribution in [3.05, 3.63) is 35.9 Å². The topological polar surface area (TPSA) is 90.9 Å². The zero-order chi connectivity index (χ0) is 25.5. The van der Waals surface area contributed by atoms with Gasteiger partial charge in [0.15, 0.2) is 0 Å². The van der Waals surface area contributed by atoms with Crippen LogP contribution in [0.2, 0.25) is 0 Å². The number of amides is 2. The molecule has 1 heterocycles. The first kappa shape index (κ1) is 28.1. The van der Waals surface area contributed by atoms with E-state index in [0.29, 0.717) is 6.42 Å². The summed E-state index contributed by atoms with van der Waals surface area (Å²) in [6.07, 6.45) is 2.34. The van der Waals surface area contributed by atoms with Crippen molar-refractivity contribution in [3.8, 4) is 0 Å². The first-order chi connectivity index (χ1) is 16.0. The number of carbonyl (C=O) groups is 2. The lowest BCUT2D eigenvalue weighted by molar-refractivity contribution is -0.135.